The average Bonchev–Trinajstić information content (AvgIpc) is 2.53. The van der Waals surface area contributed by atoms with Crippen LogP contribution < -0.4 is 10.7 Å². The summed E-state index contributed by atoms with van der Waals surface area (Å²) in [6.45, 7) is 5.09. The van der Waals surface area contributed by atoms with Crippen molar-refractivity contribution in [2.75, 3.05) is 12.0 Å². The largest absolute Gasteiger partial charge is 0.361 e. The normalized spacial score (nSPS) is 10.1. The summed E-state index contributed by atoms with van der Waals surface area (Å²) in [5.74, 6) is 0.570. The molecule has 0 saturated carbocycles. The lowest BCUT2D eigenvalue weighted by atomic mass is 10.2. The number of hydrogen-bond donors (Lipinski definition) is 2. The third kappa shape index (κ3) is 3.84. The zero-order valence-electron chi connectivity index (χ0n) is 7.69. The third-order valence-corrected chi connectivity index (χ3v) is 1.56. The van der Waals surface area contributed by atoms with E-state index in [2.05, 4.69) is 34.8 Å². The number of thiocarbonyl (C=S) groups is 1. The molecular formula is C7H13N5S. The van der Waals surface area contributed by atoms with Crippen molar-refractivity contribution in [1.82, 2.24) is 20.2 Å². The predicted molar refractivity (Wildman–Crippen MR) is 54.8 cm³/mol. The standard InChI is InChI=1S/C7H13N5S/c1-6(2)3-8-7(13)11-12-4-9-10-5-12/h4-6H,3H2,1-2H3,(H2,8,11,13). The van der Waals surface area contributed by atoms with Crippen molar-refractivity contribution in [2.24, 2.45) is 5.92 Å². The highest BCUT2D eigenvalue weighted by atomic mass is 32.1. The number of hydrogen-bond acceptors (Lipinski definition) is 3. The zero-order chi connectivity index (χ0) is 9.68. The molecule has 0 amide bonds. The van der Waals surface area contributed by atoms with E-state index < -0.39 is 0 Å². The van der Waals surface area contributed by atoms with Gasteiger partial charge in [0.15, 0.2) is 5.11 Å². The Morgan fingerprint density at radius 2 is 2.08 bits per heavy atom. The van der Waals surface area contributed by atoms with E-state index in [4.69, 9.17) is 12.2 Å². The number of aromatic nitrogens is 3. The fourth-order valence-corrected chi connectivity index (χ4v) is 0.901. The number of nitrogens with one attached hydrogen (secondary N) is 2. The molecular weight excluding hydrogens is 186 g/mol. The lowest BCUT2D eigenvalue weighted by molar-refractivity contribution is 0.625. The zero-order valence-corrected chi connectivity index (χ0v) is 8.51. The Bertz CT molecular complexity index is 256. The van der Waals surface area contributed by atoms with Gasteiger partial charge in [-0.2, -0.15) is 0 Å². The van der Waals surface area contributed by atoms with E-state index in [0.717, 1.165) is 6.54 Å². The molecule has 0 bridgehead atoms. The fourth-order valence-electron chi connectivity index (χ4n) is 0.712. The molecule has 1 aromatic heterocycles. The Labute approximate surface area is 82.5 Å². The molecule has 0 aliphatic rings. The molecule has 0 aliphatic carbocycles. The van der Waals surface area contributed by atoms with Gasteiger partial charge in [-0.15, -0.1) is 10.2 Å². The van der Waals surface area contributed by atoms with E-state index in [1.54, 1.807) is 17.3 Å². The van der Waals surface area contributed by atoms with E-state index in [0.29, 0.717) is 11.0 Å². The second-order valence-electron chi connectivity index (χ2n) is 3.08. The molecule has 72 valence electrons. The molecule has 0 saturated heterocycles. The molecule has 0 aliphatic heterocycles. The van der Waals surface area contributed by atoms with E-state index in [1.807, 2.05) is 0 Å². The third-order valence-electron chi connectivity index (χ3n) is 1.32. The van der Waals surface area contributed by atoms with Crippen molar-refractivity contribution in [2.45, 2.75) is 13.8 Å². The van der Waals surface area contributed by atoms with Gasteiger partial charge in [0.05, 0.1) is 0 Å². The van der Waals surface area contributed by atoms with Crippen molar-refractivity contribution in [3.63, 3.8) is 0 Å². The molecule has 0 radical (unpaired) electrons. The molecule has 2 N–H and O–H groups in total. The predicted octanol–water partition coefficient (Wildman–Crippen LogP) is 0.352. The van der Waals surface area contributed by atoms with Gasteiger partial charge in [0.1, 0.15) is 12.7 Å². The van der Waals surface area contributed by atoms with E-state index in [1.165, 1.54) is 0 Å². The van der Waals surface area contributed by atoms with Gasteiger partial charge in [0, 0.05) is 6.54 Å². The van der Waals surface area contributed by atoms with Crippen molar-refractivity contribution in [1.29, 1.82) is 0 Å². The van der Waals surface area contributed by atoms with Gasteiger partial charge < -0.3 is 5.32 Å². The second kappa shape index (κ2) is 4.76. The van der Waals surface area contributed by atoms with Crippen LogP contribution in [-0.2, 0) is 0 Å². The average molecular weight is 199 g/mol. The summed E-state index contributed by atoms with van der Waals surface area (Å²) in [7, 11) is 0. The van der Waals surface area contributed by atoms with Crippen molar-refractivity contribution in [3.05, 3.63) is 12.7 Å². The molecule has 0 unspecified atom stereocenters. The maximum atomic E-state index is 5.02. The van der Waals surface area contributed by atoms with Gasteiger partial charge in [0.25, 0.3) is 0 Å². The summed E-state index contributed by atoms with van der Waals surface area (Å²) >= 11 is 5.02. The lowest BCUT2D eigenvalue weighted by Gasteiger charge is -2.11. The highest BCUT2D eigenvalue weighted by Crippen LogP contribution is 1.87. The smallest absolute Gasteiger partial charge is 0.185 e. The van der Waals surface area contributed by atoms with Gasteiger partial charge in [-0.25, -0.2) is 4.68 Å². The van der Waals surface area contributed by atoms with Crippen LogP contribution in [0.5, 0.6) is 0 Å². The molecule has 0 aromatic carbocycles. The fraction of sp³-hybridized carbons (Fsp3) is 0.571. The molecule has 1 rings (SSSR count). The van der Waals surface area contributed by atoms with Crippen LogP contribution in [-0.4, -0.2) is 26.5 Å². The summed E-state index contributed by atoms with van der Waals surface area (Å²) in [4.78, 5) is 0. The van der Waals surface area contributed by atoms with Crippen LogP contribution in [0.4, 0.5) is 0 Å². The van der Waals surface area contributed by atoms with Crippen molar-refractivity contribution < 1.29 is 0 Å². The van der Waals surface area contributed by atoms with Crippen LogP contribution in [0.2, 0.25) is 0 Å². The highest BCUT2D eigenvalue weighted by Gasteiger charge is 1.97. The maximum absolute atomic E-state index is 5.02. The Kier molecular flexibility index (Phi) is 3.63. The Morgan fingerprint density at radius 1 is 1.46 bits per heavy atom. The maximum Gasteiger partial charge on any atom is 0.185 e. The lowest BCUT2D eigenvalue weighted by Crippen LogP contribution is -2.35. The van der Waals surface area contributed by atoms with Gasteiger partial charge in [-0.1, -0.05) is 13.8 Å². The molecule has 1 heterocycles. The Hall–Kier alpha value is -1.17. The summed E-state index contributed by atoms with van der Waals surface area (Å²) in [5.41, 5.74) is 2.89. The van der Waals surface area contributed by atoms with Crippen LogP contribution in [0.1, 0.15) is 13.8 Å². The first kappa shape index (κ1) is 9.91. The first-order valence-electron chi connectivity index (χ1n) is 4.08. The molecule has 0 atom stereocenters. The Morgan fingerprint density at radius 3 is 2.62 bits per heavy atom. The molecule has 1 aromatic rings. The molecule has 6 heteroatoms. The van der Waals surface area contributed by atoms with Gasteiger partial charge in [0.2, 0.25) is 0 Å². The second-order valence-corrected chi connectivity index (χ2v) is 3.49. The quantitative estimate of drug-likeness (QED) is 0.688. The molecule has 13 heavy (non-hydrogen) atoms. The monoisotopic (exact) mass is 199 g/mol. The van der Waals surface area contributed by atoms with Crippen LogP contribution in [0.15, 0.2) is 12.7 Å². The van der Waals surface area contributed by atoms with Gasteiger partial charge in [-0.3, -0.25) is 5.43 Å². The molecule has 0 spiro atoms. The van der Waals surface area contributed by atoms with E-state index in [-0.39, 0.29) is 0 Å². The number of rotatable bonds is 3. The Balaban J connectivity index is 2.26. The van der Waals surface area contributed by atoms with Gasteiger partial charge >= 0.3 is 0 Å². The summed E-state index contributed by atoms with van der Waals surface area (Å²) in [6.07, 6.45) is 3.09. The van der Waals surface area contributed by atoms with Crippen molar-refractivity contribution >= 4 is 17.3 Å². The topological polar surface area (TPSA) is 54.8 Å². The van der Waals surface area contributed by atoms with Crippen LogP contribution >= 0.6 is 12.2 Å². The first-order chi connectivity index (χ1) is 6.18. The summed E-state index contributed by atoms with van der Waals surface area (Å²) in [5, 5.41) is 10.9. The summed E-state index contributed by atoms with van der Waals surface area (Å²) in [6, 6.07) is 0. The SMILES string of the molecule is CC(C)CNC(=S)Nn1cnnc1. The van der Waals surface area contributed by atoms with Gasteiger partial charge in [-0.05, 0) is 18.1 Å². The first-order valence-corrected chi connectivity index (χ1v) is 4.49. The molecule has 5 nitrogen and oxygen atoms in total. The van der Waals surface area contributed by atoms with E-state index in [9.17, 15) is 0 Å². The minimum Gasteiger partial charge on any atom is -0.361 e. The van der Waals surface area contributed by atoms with E-state index >= 15 is 0 Å². The number of nitrogens with zero attached hydrogens (tertiary/aromatic N) is 3. The molecule has 0 fully saturated rings. The minimum absolute atomic E-state index is 0.570. The van der Waals surface area contributed by atoms with Crippen LogP contribution in [0, 0.1) is 5.92 Å². The minimum atomic E-state index is 0.570. The van der Waals surface area contributed by atoms with Crippen LogP contribution in [0.3, 0.4) is 0 Å². The highest BCUT2D eigenvalue weighted by molar-refractivity contribution is 7.80. The van der Waals surface area contributed by atoms with Crippen LogP contribution in [0.25, 0.3) is 0 Å². The van der Waals surface area contributed by atoms with Crippen molar-refractivity contribution in [3.8, 4) is 0 Å². The summed E-state index contributed by atoms with van der Waals surface area (Å²) < 4.78 is 1.59.